The highest BCUT2D eigenvalue weighted by Crippen LogP contribution is 2.55. The molecule has 0 atom stereocenters. The Balaban J connectivity index is 1.03. The SMILES string of the molecule is O=C(CN1CCN(CCOc2ccccc2)CC1)NC12CC3CC(CC(C3)C1)C2. The topological polar surface area (TPSA) is 44.8 Å². The maximum Gasteiger partial charge on any atom is 0.234 e. The minimum absolute atomic E-state index is 0.141. The molecule has 1 heterocycles. The molecule has 158 valence electrons. The van der Waals surface area contributed by atoms with E-state index in [4.69, 9.17) is 4.74 Å². The molecule has 5 nitrogen and oxygen atoms in total. The predicted octanol–water partition coefficient (Wildman–Crippen LogP) is 2.77. The van der Waals surface area contributed by atoms with E-state index in [1.807, 2.05) is 30.3 Å². The maximum atomic E-state index is 12.8. The fourth-order valence-electron chi connectivity index (χ4n) is 6.78. The fourth-order valence-corrected chi connectivity index (χ4v) is 6.78. The predicted molar refractivity (Wildman–Crippen MR) is 114 cm³/mol. The Morgan fingerprint density at radius 2 is 1.52 bits per heavy atom. The van der Waals surface area contributed by atoms with E-state index in [0.29, 0.717) is 6.54 Å². The molecule has 4 bridgehead atoms. The van der Waals surface area contributed by atoms with E-state index >= 15 is 0 Å². The van der Waals surface area contributed by atoms with Gasteiger partial charge in [0.25, 0.3) is 0 Å². The molecule has 1 aromatic rings. The van der Waals surface area contributed by atoms with Crippen LogP contribution in [0.2, 0.25) is 0 Å². The number of nitrogens with zero attached hydrogens (tertiary/aromatic N) is 2. The normalized spacial score (nSPS) is 34.3. The van der Waals surface area contributed by atoms with E-state index in [9.17, 15) is 4.79 Å². The third-order valence-corrected chi connectivity index (χ3v) is 7.69. The van der Waals surface area contributed by atoms with E-state index in [0.717, 1.165) is 62.8 Å². The molecule has 1 aromatic carbocycles. The number of para-hydroxylation sites is 1. The summed E-state index contributed by atoms with van der Waals surface area (Å²) < 4.78 is 5.82. The molecule has 0 radical (unpaired) electrons. The number of amides is 1. The molecule has 0 unspecified atom stereocenters. The van der Waals surface area contributed by atoms with Crippen LogP contribution in [0.15, 0.2) is 30.3 Å². The second-order valence-electron chi connectivity index (χ2n) is 10.0. The average Bonchev–Trinajstić information content (AvgIpc) is 2.68. The third kappa shape index (κ3) is 4.61. The molecule has 0 aromatic heterocycles. The van der Waals surface area contributed by atoms with E-state index in [1.54, 1.807) is 0 Å². The molecular formula is C24H35N3O2. The number of hydrogen-bond acceptors (Lipinski definition) is 4. The van der Waals surface area contributed by atoms with Crippen LogP contribution in [0.5, 0.6) is 5.75 Å². The van der Waals surface area contributed by atoms with Crippen LogP contribution in [0.25, 0.3) is 0 Å². The van der Waals surface area contributed by atoms with Gasteiger partial charge < -0.3 is 10.1 Å². The minimum atomic E-state index is 0.141. The van der Waals surface area contributed by atoms with Gasteiger partial charge in [-0.3, -0.25) is 14.6 Å². The van der Waals surface area contributed by atoms with Gasteiger partial charge >= 0.3 is 0 Å². The number of benzene rings is 1. The molecule has 1 saturated heterocycles. The van der Waals surface area contributed by atoms with Gasteiger partial charge in [-0.2, -0.15) is 0 Å². The first-order valence-electron chi connectivity index (χ1n) is 11.6. The zero-order valence-electron chi connectivity index (χ0n) is 17.5. The van der Waals surface area contributed by atoms with Crippen LogP contribution in [-0.2, 0) is 4.79 Å². The van der Waals surface area contributed by atoms with Crippen molar-refractivity contribution in [1.82, 2.24) is 15.1 Å². The van der Waals surface area contributed by atoms with Crippen LogP contribution in [0.4, 0.5) is 0 Å². The minimum Gasteiger partial charge on any atom is -0.492 e. The van der Waals surface area contributed by atoms with Gasteiger partial charge in [0.05, 0.1) is 6.54 Å². The summed E-state index contributed by atoms with van der Waals surface area (Å²) in [5, 5.41) is 3.52. The first-order chi connectivity index (χ1) is 14.2. The van der Waals surface area contributed by atoms with Gasteiger partial charge in [-0.25, -0.2) is 0 Å². The van der Waals surface area contributed by atoms with Crippen molar-refractivity contribution in [2.24, 2.45) is 17.8 Å². The van der Waals surface area contributed by atoms with Crippen LogP contribution in [-0.4, -0.2) is 67.1 Å². The van der Waals surface area contributed by atoms with Crippen molar-refractivity contribution >= 4 is 5.91 Å². The van der Waals surface area contributed by atoms with Gasteiger partial charge in [0.1, 0.15) is 12.4 Å². The van der Waals surface area contributed by atoms with Crippen LogP contribution in [0.3, 0.4) is 0 Å². The summed E-state index contributed by atoms with van der Waals surface area (Å²) >= 11 is 0. The van der Waals surface area contributed by atoms with Gasteiger partial charge in [0.15, 0.2) is 0 Å². The van der Waals surface area contributed by atoms with Gasteiger partial charge in [0, 0.05) is 38.3 Å². The summed E-state index contributed by atoms with van der Waals surface area (Å²) in [5.74, 6) is 3.83. The summed E-state index contributed by atoms with van der Waals surface area (Å²) in [5.41, 5.74) is 0.141. The zero-order valence-corrected chi connectivity index (χ0v) is 17.5. The molecule has 1 aliphatic heterocycles. The Hall–Kier alpha value is -1.59. The number of ether oxygens (including phenoxy) is 1. The lowest BCUT2D eigenvalue weighted by molar-refractivity contribution is -0.128. The van der Waals surface area contributed by atoms with Gasteiger partial charge in [-0.15, -0.1) is 0 Å². The van der Waals surface area contributed by atoms with E-state index < -0.39 is 0 Å². The Morgan fingerprint density at radius 3 is 2.14 bits per heavy atom. The van der Waals surface area contributed by atoms with Gasteiger partial charge in [-0.05, 0) is 68.4 Å². The van der Waals surface area contributed by atoms with Crippen molar-refractivity contribution < 1.29 is 9.53 Å². The maximum absolute atomic E-state index is 12.8. The van der Waals surface area contributed by atoms with Crippen molar-refractivity contribution in [3.05, 3.63) is 30.3 Å². The second-order valence-corrected chi connectivity index (χ2v) is 10.0. The molecule has 6 rings (SSSR count). The number of carbonyl (C=O) groups excluding carboxylic acids is 1. The first kappa shape index (κ1) is 19.4. The number of carbonyl (C=O) groups is 1. The van der Waals surface area contributed by atoms with Crippen molar-refractivity contribution in [3.8, 4) is 5.75 Å². The Morgan fingerprint density at radius 1 is 0.931 bits per heavy atom. The highest BCUT2D eigenvalue weighted by molar-refractivity contribution is 5.79. The lowest BCUT2D eigenvalue weighted by Gasteiger charge is -2.57. The van der Waals surface area contributed by atoms with Crippen LogP contribution in [0, 0.1) is 17.8 Å². The van der Waals surface area contributed by atoms with Crippen molar-refractivity contribution in [3.63, 3.8) is 0 Å². The van der Waals surface area contributed by atoms with Crippen molar-refractivity contribution in [2.45, 2.75) is 44.1 Å². The lowest BCUT2D eigenvalue weighted by atomic mass is 9.53. The first-order valence-corrected chi connectivity index (χ1v) is 11.6. The third-order valence-electron chi connectivity index (χ3n) is 7.69. The standard InChI is InChI=1S/C24H35N3O2/c28-23(25-24-15-19-12-20(16-24)14-21(13-19)17-24)18-27-8-6-26(7-9-27)10-11-29-22-4-2-1-3-5-22/h1-5,19-21H,6-18H2,(H,25,28). The summed E-state index contributed by atoms with van der Waals surface area (Å²) in [4.78, 5) is 17.6. The number of rotatable bonds is 7. The molecule has 5 aliphatic rings. The smallest absolute Gasteiger partial charge is 0.234 e. The van der Waals surface area contributed by atoms with Crippen LogP contribution >= 0.6 is 0 Å². The van der Waals surface area contributed by atoms with Crippen LogP contribution in [0.1, 0.15) is 38.5 Å². The second kappa shape index (κ2) is 8.27. The zero-order chi connectivity index (χ0) is 19.7. The molecule has 4 saturated carbocycles. The molecule has 0 spiro atoms. The Labute approximate surface area is 174 Å². The van der Waals surface area contributed by atoms with E-state index in [1.165, 1.54) is 38.5 Å². The largest absolute Gasteiger partial charge is 0.492 e. The highest BCUT2D eigenvalue weighted by atomic mass is 16.5. The summed E-state index contributed by atoms with van der Waals surface area (Å²) in [6.45, 7) is 6.21. The summed E-state index contributed by atoms with van der Waals surface area (Å²) in [6, 6.07) is 10.0. The van der Waals surface area contributed by atoms with E-state index in [2.05, 4.69) is 15.1 Å². The average molecular weight is 398 g/mol. The monoisotopic (exact) mass is 397 g/mol. The molecule has 5 fully saturated rings. The Bertz CT molecular complexity index is 664. The number of hydrogen-bond donors (Lipinski definition) is 1. The number of piperazine rings is 1. The molecular weight excluding hydrogens is 362 g/mol. The summed E-state index contributed by atoms with van der Waals surface area (Å²) in [7, 11) is 0. The quantitative estimate of drug-likeness (QED) is 0.768. The van der Waals surface area contributed by atoms with Gasteiger partial charge in [0.2, 0.25) is 5.91 Å². The molecule has 1 N–H and O–H groups in total. The number of nitrogens with one attached hydrogen (secondary N) is 1. The van der Waals surface area contributed by atoms with Gasteiger partial charge in [-0.1, -0.05) is 18.2 Å². The molecule has 5 heteroatoms. The fraction of sp³-hybridized carbons (Fsp3) is 0.708. The van der Waals surface area contributed by atoms with Crippen molar-refractivity contribution in [1.29, 1.82) is 0 Å². The lowest BCUT2D eigenvalue weighted by Crippen LogP contribution is -2.61. The Kier molecular flexibility index (Phi) is 5.53. The molecule has 1 amide bonds. The highest BCUT2D eigenvalue weighted by Gasteiger charge is 2.51. The molecule has 4 aliphatic carbocycles. The summed E-state index contributed by atoms with van der Waals surface area (Å²) in [6.07, 6.45) is 7.97. The van der Waals surface area contributed by atoms with Crippen LogP contribution < -0.4 is 10.1 Å². The van der Waals surface area contributed by atoms with Crippen molar-refractivity contribution in [2.75, 3.05) is 45.9 Å². The van der Waals surface area contributed by atoms with E-state index in [-0.39, 0.29) is 11.4 Å². The molecule has 29 heavy (non-hydrogen) atoms.